The van der Waals surface area contributed by atoms with Crippen LogP contribution in [-0.4, -0.2) is 32.6 Å². The molecule has 0 aliphatic heterocycles. The molecule has 0 aliphatic rings. The van der Waals surface area contributed by atoms with Crippen molar-refractivity contribution >= 4 is 11.6 Å². The summed E-state index contributed by atoms with van der Waals surface area (Å²) < 4.78 is 6.84. The topological polar surface area (TPSA) is 84.3 Å². The van der Waals surface area contributed by atoms with Crippen LogP contribution in [-0.2, 0) is 17.9 Å². The number of aromatic amines is 1. The molecular weight excluding hydrogens is 282 g/mol. The van der Waals surface area contributed by atoms with E-state index in [1.165, 1.54) is 0 Å². The first-order valence-electron chi connectivity index (χ1n) is 6.91. The molecule has 0 bridgehead atoms. The van der Waals surface area contributed by atoms with Crippen molar-refractivity contribution < 1.29 is 9.53 Å². The van der Waals surface area contributed by atoms with Crippen molar-refractivity contribution in [3.8, 4) is 0 Å². The van der Waals surface area contributed by atoms with Gasteiger partial charge in [-0.1, -0.05) is 0 Å². The van der Waals surface area contributed by atoms with Gasteiger partial charge in [0.15, 0.2) is 0 Å². The number of aromatic nitrogens is 4. The third-order valence-electron chi connectivity index (χ3n) is 3.25. The van der Waals surface area contributed by atoms with Gasteiger partial charge in [0.1, 0.15) is 5.65 Å². The van der Waals surface area contributed by atoms with Crippen LogP contribution in [0.4, 0.5) is 0 Å². The summed E-state index contributed by atoms with van der Waals surface area (Å²) in [5.41, 5.74) is 3.97. The van der Waals surface area contributed by atoms with Crippen molar-refractivity contribution in [3.05, 3.63) is 53.2 Å². The van der Waals surface area contributed by atoms with E-state index in [0.29, 0.717) is 18.7 Å². The summed E-state index contributed by atoms with van der Waals surface area (Å²) in [5.74, 6) is -0.142. The van der Waals surface area contributed by atoms with Crippen molar-refractivity contribution in [2.75, 3.05) is 7.11 Å². The number of nitrogens with one attached hydrogen (secondary N) is 2. The highest BCUT2D eigenvalue weighted by atomic mass is 16.5. The van der Waals surface area contributed by atoms with E-state index in [4.69, 9.17) is 4.74 Å². The molecule has 0 aliphatic carbocycles. The van der Waals surface area contributed by atoms with Gasteiger partial charge in [-0.25, -0.2) is 4.98 Å². The number of methoxy groups -OCH3 is 1. The standard InChI is InChI=1S/C15H17N5O2/c1-10-7-20-8-11(3-4-14(20)17-10)15(21)16-6-12-5-13(9-22-2)19-18-12/h3-5,7-8H,6,9H2,1-2H3,(H,16,21)(H,18,19). The van der Waals surface area contributed by atoms with Crippen LogP contribution in [0.2, 0.25) is 0 Å². The third kappa shape index (κ3) is 2.99. The van der Waals surface area contributed by atoms with Crippen LogP contribution >= 0.6 is 0 Å². The molecule has 0 aromatic carbocycles. The molecule has 0 atom stereocenters. The fraction of sp³-hybridized carbons (Fsp3) is 0.267. The molecule has 0 saturated heterocycles. The zero-order valence-electron chi connectivity index (χ0n) is 12.5. The van der Waals surface area contributed by atoms with Crippen LogP contribution in [0.3, 0.4) is 0 Å². The Bertz CT molecular complexity index is 805. The molecule has 114 valence electrons. The second kappa shape index (κ2) is 5.98. The number of nitrogens with zero attached hydrogens (tertiary/aromatic N) is 3. The number of aryl methyl sites for hydroxylation is 1. The molecule has 3 aromatic rings. The molecule has 3 aromatic heterocycles. The minimum absolute atomic E-state index is 0.142. The fourth-order valence-corrected chi connectivity index (χ4v) is 2.25. The molecule has 3 heterocycles. The lowest BCUT2D eigenvalue weighted by molar-refractivity contribution is 0.0950. The Kier molecular flexibility index (Phi) is 3.88. The number of imidazole rings is 1. The SMILES string of the molecule is COCc1cc(CNC(=O)c2ccc3nc(C)cn3c2)[nH]n1. The highest BCUT2D eigenvalue weighted by Crippen LogP contribution is 2.08. The van der Waals surface area contributed by atoms with Gasteiger partial charge in [-0.2, -0.15) is 5.10 Å². The minimum atomic E-state index is -0.142. The van der Waals surface area contributed by atoms with Gasteiger partial charge in [0.05, 0.1) is 35.8 Å². The van der Waals surface area contributed by atoms with E-state index in [1.807, 2.05) is 29.7 Å². The lowest BCUT2D eigenvalue weighted by Gasteiger charge is -2.04. The number of fused-ring (bicyclic) bond motifs is 1. The molecule has 7 nitrogen and oxygen atoms in total. The van der Waals surface area contributed by atoms with Crippen molar-refractivity contribution in [1.82, 2.24) is 24.9 Å². The molecule has 2 N–H and O–H groups in total. The Morgan fingerprint density at radius 3 is 3.09 bits per heavy atom. The smallest absolute Gasteiger partial charge is 0.253 e. The van der Waals surface area contributed by atoms with Crippen LogP contribution in [0.25, 0.3) is 5.65 Å². The van der Waals surface area contributed by atoms with E-state index >= 15 is 0 Å². The molecule has 0 saturated carbocycles. The minimum Gasteiger partial charge on any atom is -0.378 e. The monoisotopic (exact) mass is 299 g/mol. The quantitative estimate of drug-likeness (QED) is 0.746. The number of rotatable bonds is 5. The molecule has 3 rings (SSSR count). The number of amides is 1. The van der Waals surface area contributed by atoms with Gasteiger partial charge < -0.3 is 14.5 Å². The highest BCUT2D eigenvalue weighted by Gasteiger charge is 2.08. The summed E-state index contributed by atoms with van der Waals surface area (Å²) >= 11 is 0. The Morgan fingerprint density at radius 2 is 2.27 bits per heavy atom. The van der Waals surface area contributed by atoms with Crippen LogP contribution in [0.5, 0.6) is 0 Å². The molecule has 7 heteroatoms. The maximum absolute atomic E-state index is 12.2. The van der Waals surface area contributed by atoms with E-state index in [2.05, 4.69) is 20.5 Å². The van der Waals surface area contributed by atoms with Gasteiger partial charge in [-0.15, -0.1) is 0 Å². The van der Waals surface area contributed by atoms with Crippen molar-refractivity contribution in [2.24, 2.45) is 0 Å². The van der Waals surface area contributed by atoms with Gasteiger partial charge in [-0.3, -0.25) is 9.89 Å². The maximum atomic E-state index is 12.2. The molecule has 22 heavy (non-hydrogen) atoms. The van der Waals surface area contributed by atoms with E-state index in [0.717, 1.165) is 22.7 Å². The molecule has 0 fully saturated rings. The Morgan fingerprint density at radius 1 is 1.41 bits per heavy atom. The first-order chi connectivity index (χ1) is 10.7. The van der Waals surface area contributed by atoms with Gasteiger partial charge >= 0.3 is 0 Å². The number of H-pyrrole nitrogens is 1. The molecular formula is C15H17N5O2. The summed E-state index contributed by atoms with van der Waals surface area (Å²) in [6.45, 7) is 2.75. The van der Waals surface area contributed by atoms with E-state index in [9.17, 15) is 4.79 Å². The zero-order valence-corrected chi connectivity index (χ0v) is 12.5. The average molecular weight is 299 g/mol. The van der Waals surface area contributed by atoms with Crippen LogP contribution in [0.15, 0.2) is 30.6 Å². The zero-order chi connectivity index (χ0) is 15.5. The number of carbonyl (C=O) groups excluding carboxylic acids is 1. The highest BCUT2D eigenvalue weighted by molar-refractivity contribution is 5.94. The number of hydrogen-bond acceptors (Lipinski definition) is 4. The summed E-state index contributed by atoms with van der Waals surface area (Å²) in [6.07, 6.45) is 3.66. The van der Waals surface area contributed by atoms with Gasteiger partial charge in [0.2, 0.25) is 0 Å². The van der Waals surface area contributed by atoms with Crippen LogP contribution in [0.1, 0.15) is 27.4 Å². The number of hydrogen-bond donors (Lipinski definition) is 2. The second-order valence-corrected chi connectivity index (χ2v) is 5.07. The van der Waals surface area contributed by atoms with E-state index in [-0.39, 0.29) is 5.91 Å². The third-order valence-corrected chi connectivity index (χ3v) is 3.25. The lowest BCUT2D eigenvalue weighted by atomic mass is 10.2. The summed E-state index contributed by atoms with van der Waals surface area (Å²) in [7, 11) is 1.62. The average Bonchev–Trinajstić information content (AvgIpc) is 3.09. The fourth-order valence-electron chi connectivity index (χ4n) is 2.25. The summed E-state index contributed by atoms with van der Waals surface area (Å²) in [5, 5.41) is 9.81. The maximum Gasteiger partial charge on any atom is 0.253 e. The van der Waals surface area contributed by atoms with Gasteiger partial charge in [0.25, 0.3) is 5.91 Å². The normalized spacial score (nSPS) is 11.0. The van der Waals surface area contributed by atoms with E-state index < -0.39 is 0 Å². The van der Waals surface area contributed by atoms with Crippen molar-refractivity contribution in [2.45, 2.75) is 20.1 Å². The largest absolute Gasteiger partial charge is 0.378 e. The van der Waals surface area contributed by atoms with Gasteiger partial charge in [-0.05, 0) is 25.1 Å². The lowest BCUT2D eigenvalue weighted by Crippen LogP contribution is -2.23. The molecule has 0 spiro atoms. The van der Waals surface area contributed by atoms with Gasteiger partial charge in [0, 0.05) is 19.5 Å². The number of pyridine rings is 1. The summed E-state index contributed by atoms with van der Waals surface area (Å²) in [4.78, 5) is 16.5. The summed E-state index contributed by atoms with van der Waals surface area (Å²) in [6, 6.07) is 5.46. The predicted octanol–water partition coefficient (Wildman–Crippen LogP) is 1.44. The van der Waals surface area contributed by atoms with Crippen LogP contribution in [0, 0.1) is 6.92 Å². The van der Waals surface area contributed by atoms with Crippen molar-refractivity contribution in [3.63, 3.8) is 0 Å². The second-order valence-electron chi connectivity index (χ2n) is 5.07. The first kappa shape index (κ1) is 14.3. The number of carbonyl (C=O) groups is 1. The molecule has 0 unspecified atom stereocenters. The Balaban J connectivity index is 1.67. The Hall–Kier alpha value is -2.67. The van der Waals surface area contributed by atoms with E-state index in [1.54, 1.807) is 19.4 Å². The predicted molar refractivity (Wildman–Crippen MR) is 80.4 cm³/mol. The molecule has 0 radical (unpaired) electrons. The van der Waals surface area contributed by atoms with Crippen LogP contribution < -0.4 is 5.32 Å². The Labute approximate surface area is 127 Å². The first-order valence-corrected chi connectivity index (χ1v) is 6.91. The van der Waals surface area contributed by atoms with Crippen molar-refractivity contribution in [1.29, 1.82) is 0 Å². The number of ether oxygens (including phenoxy) is 1. The molecule has 1 amide bonds.